The smallest absolute Gasteiger partial charge is 0.270 e. The van der Waals surface area contributed by atoms with Gasteiger partial charge < -0.3 is 9.73 Å². The minimum Gasteiger partial charge on any atom is -0.439 e. The van der Waals surface area contributed by atoms with E-state index in [-0.39, 0.29) is 5.69 Å². The molecule has 1 aromatic carbocycles. The van der Waals surface area contributed by atoms with Crippen molar-refractivity contribution >= 4 is 5.69 Å². The van der Waals surface area contributed by atoms with E-state index in [1.165, 1.54) is 12.1 Å². The number of hydrogen-bond acceptors (Lipinski definition) is 5. The lowest BCUT2D eigenvalue weighted by Crippen LogP contribution is -2.13. The lowest BCUT2D eigenvalue weighted by molar-refractivity contribution is -0.384. The molecule has 0 aliphatic rings. The Bertz CT molecular complexity index is 566. The summed E-state index contributed by atoms with van der Waals surface area (Å²) in [4.78, 5) is 14.4. The molecular formula is C13H15N3O3. The Kier molecular flexibility index (Phi) is 4.25. The molecule has 0 aliphatic carbocycles. The number of nitro groups is 1. The quantitative estimate of drug-likeness (QED) is 0.491. The number of non-ortho nitro benzene ring substituents is 1. The minimum atomic E-state index is -0.427. The summed E-state index contributed by atoms with van der Waals surface area (Å²) < 4.78 is 5.55. The average Bonchev–Trinajstić information content (AvgIpc) is 2.88. The maximum Gasteiger partial charge on any atom is 0.270 e. The van der Waals surface area contributed by atoms with Gasteiger partial charge >= 0.3 is 0 Å². The van der Waals surface area contributed by atoms with E-state index in [1.54, 1.807) is 18.3 Å². The van der Waals surface area contributed by atoms with E-state index in [1.807, 2.05) is 0 Å². The first-order valence-electron chi connectivity index (χ1n) is 6.11. The van der Waals surface area contributed by atoms with Gasteiger partial charge in [0.1, 0.15) is 0 Å². The topological polar surface area (TPSA) is 81.2 Å². The number of hydrogen-bond donors (Lipinski definition) is 1. The van der Waals surface area contributed by atoms with Crippen LogP contribution in [0, 0.1) is 10.1 Å². The summed E-state index contributed by atoms with van der Waals surface area (Å²) in [7, 11) is 0. The van der Waals surface area contributed by atoms with Crippen molar-refractivity contribution in [3.05, 3.63) is 46.5 Å². The molecule has 1 N–H and O–H groups in total. The maximum atomic E-state index is 10.7. The molecule has 1 heterocycles. The zero-order chi connectivity index (χ0) is 13.7. The van der Waals surface area contributed by atoms with Gasteiger partial charge in [0, 0.05) is 17.7 Å². The van der Waals surface area contributed by atoms with Gasteiger partial charge in [-0.3, -0.25) is 10.1 Å². The molecule has 0 saturated carbocycles. The summed E-state index contributed by atoms with van der Waals surface area (Å²) >= 11 is 0. The number of rotatable bonds is 6. The number of aromatic nitrogens is 1. The Morgan fingerprint density at radius 2 is 2.32 bits per heavy atom. The van der Waals surface area contributed by atoms with Gasteiger partial charge in [0.05, 0.1) is 17.7 Å². The number of nitrogens with one attached hydrogen (secondary N) is 1. The van der Waals surface area contributed by atoms with Crippen LogP contribution in [0.15, 0.2) is 34.9 Å². The van der Waals surface area contributed by atoms with Crippen molar-refractivity contribution in [2.45, 2.75) is 19.9 Å². The molecule has 0 saturated heterocycles. The normalized spacial score (nSPS) is 10.6. The molecule has 0 amide bonds. The highest BCUT2D eigenvalue weighted by atomic mass is 16.6. The van der Waals surface area contributed by atoms with Gasteiger partial charge in [0.2, 0.25) is 5.89 Å². The summed E-state index contributed by atoms with van der Waals surface area (Å²) in [5, 5.41) is 13.9. The standard InChI is InChI=1S/C13H15N3O3/c1-2-6-14-9-13-15-8-12(19-13)10-4-3-5-11(7-10)16(17)18/h3-5,7-8,14H,2,6,9H2,1H3. The second-order valence-electron chi connectivity index (χ2n) is 4.10. The van der Waals surface area contributed by atoms with Gasteiger partial charge in [-0.1, -0.05) is 19.1 Å². The van der Waals surface area contributed by atoms with E-state index in [0.717, 1.165) is 13.0 Å². The Morgan fingerprint density at radius 1 is 1.47 bits per heavy atom. The van der Waals surface area contributed by atoms with Crippen molar-refractivity contribution < 1.29 is 9.34 Å². The highest BCUT2D eigenvalue weighted by Gasteiger charge is 2.10. The third-order valence-electron chi connectivity index (χ3n) is 2.60. The third-order valence-corrected chi connectivity index (χ3v) is 2.60. The monoisotopic (exact) mass is 261 g/mol. The molecular weight excluding hydrogens is 246 g/mol. The van der Waals surface area contributed by atoms with Gasteiger partial charge in [-0.15, -0.1) is 0 Å². The molecule has 0 atom stereocenters. The van der Waals surface area contributed by atoms with Crippen molar-refractivity contribution in [3.8, 4) is 11.3 Å². The van der Waals surface area contributed by atoms with Crippen molar-refractivity contribution in [3.63, 3.8) is 0 Å². The summed E-state index contributed by atoms with van der Waals surface area (Å²) in [6, 6.07) is 6.31. The van der Waals surface area contributed by atoms with Crippen LogP contribution in [0.25, 0.3) is 11.3 Å². The first-order chi connectivity index (χ1) is 9.20. The fraction of sp³-hybridized carbons (Fsp3) is 0.308. The lowest BCUT2D eigenvalue weighted by atomic mass is 10.2. The summed E-state index contributed by atoms with van der Waals surface area (Å²) in [6.07, 6.45) is 2.63. The molecule has 0 spiro atoms. The summed E-state index contributed by atoms with van der Waals surface area (Å²) in [6.45, 7) is 3.54. The molecule has 0 bridgehead atoms. The van der Waals surface area contributed by atoms with Crippen molar-refractivity contribution in [1.29, 1.82) is 0 Å². The number of nitrogens with zero attached hydrogens (tertiary/aromatic N) is 2. The van der Waals surface area contributed by atoms with Crippen LogP contribution in [0.4, 0.5) is 5.69 Å². The molecule has 0 fully saturated rings. The molecule has 1 aromatic heterocycles. The van der Waals surface area contributed by atoms with Crippen LogP contribution in [-0.4, -0.2) is 16.5 Å². The van der Waals surface area contributed by atoms with Crippen molar-refractivity contribution in [1.82, 2.24) is 10.3 Å². The highest BCUT2D eigenvalue weighted by molar-refractivity contribution is 5.60. The predicted molar refractivity (Wildman–Crippen MR) is 70.6 cm³/mol. The van der Waals surface area contributed by atoms with Crippen LogP contribution in [-0.2, 0) is 6.54 Å². The van der Waals surface area contributed by atoms with E-state index >= 15 is 0 Å². The Labute approximate surface area is 110 Å². The van der Waals surface area contributed by atoms with E-state index in [2.05, 4.69) is 17.2 Å². The zero-order valence-electron chi connectivity index (χ0n) is 10.6. The van der Waals surface area contributed by atoms with E-state index in [9.17, 15) is 10.1 Å². The van der Waals surface area contributed by atoms with Crippen LogP contribution in [0.1, 0.15) is 19.2 Å². The summed E-state index contributed by atoms with van der Waals surface area (Å²) in [5.41, 5.74) is 0.697. The third kappa shape index (κ3) is 3.38. The lowest BCUT2D eigenvalue weighted by Gasteiger charge is -1.98. The SMILES string of the molecule is CCCNCc1ncc(-c2cccc([N+](=O)[O-])c2)o1. The van der Waals surface area contributed by atoms with Crippen LogP contribution >= 0.6 is 0 Å². The van der Waals surface area contributed by atoms with Crippen LogP contribution in [0.5, 0.6) is 0 Å². The van der Waals surface area contributed by atoms with Crippen LogP contribution in [0.2, 0.25) is 0 Å². The second-order valence-corrected chi connectivity index (χ2v) is 4.10. The Morgan fingerprint density at radius 3 is 3.05 bits per heavy atom. The first kappa shape index (κ1) is 13.2. The first-order valence-corrected chi connectivity index (χ1v) is 6.11. The largest absolute Gasteiger partial charge is 0.439 e. The van der Waals surface area contributed by atoms with E-state index in [4.69, 9.17) is 4.42 Å². The zero-order valence-corrected chi connectivity index (χ0v) is 10.6. The number of nitro benzene ring substituents is 1. The molecule has 6 nitrogen and oxygen atoms in total. The molecule has 0 aliphatic heterocycles. The van der Waals surface area contributed by atoms with Crippen LogP contribution in [0.3, 0.4) is 0 Å². The van der Waals surface area contributed by atoms with Crippen LogP contribution < -0.4 is 5.32 Å². The fourth-order valence-electron chi connectivity index (χ4n) is 1.67. The highest BCUT2D eigenvalue weighted by Crippen LogP contribution is 2.24. The van der Waals surface area contributed by atoms with Gasteiger partial charge in [-0.2, -0.15) is 0 Å². The van der Waals surface area contributed by atoms with Gasteiger partial charge in [-0.05, 0) is 13.0 Å². The fourth-order valence-corrected chi connectivity index (χ4v) is 1.67. The molecule has 0 radical (unpaired) electrons. The Balaban J connectivity index is 2.13. The Hall–Kier alpha value is -2.21. The average molecular weight is 261 g/mol. The molecule has 100 valence electrons. The molecule has 2 rings (SSSR count). The van der Waals surface area contributed by atoms with E-state index in [0.29, 0.717) is 23.8 Å². The molecule has 0 unspecified atom stereocenters. The maximum absolute atomic E-state index is 10.7. The van der Waals surface area contributed by atoms with Gasteiger partial charge in [0.25, 0.3) is 5.69 Å². The van der Waals surface area contributed by atoms with Crippen molar-refractivity contribution in [2.75, 3.05) is 6.54 Å². The number of oxazole rings is 1. The molecule has 2 aromatic rings. The second kappa shape index (κ2) is 6.10. The van der Waals surface area contributed by atoms with Gasteiger partial charge in [0.15, 0.2) is 5.76 Å². The minimum absolute atomic E-state index is 0.0413. The van der Waals surface area contributed by atoms with Crippen molar-refractivity contribution in [2.24, 2.45) is 0 Å². The molecule has 6 heteroatoms. The molecule has 19 heavy (non-hydrogen) atoms. The predicted octanol–water partition coefficient (Wildman–Crippen LogP) is 2.75. The van der Waals surface area contributed by atoms with E-state index < -0.39 is 4.92 Å². The van der Waals surface area contributed by atoms with Gasteiger partial charge in [-0.25, -0.2) is 4.98 Å². The summed E-state index contributed by atoms with van der Waals surface area (Å²) in [5.74, 6) is 1.12. The number of benzene rings is 1.